The summed E-state index contributed by atoms with van der Waals surface area (Å²) in [4.78, 5) is 40.6. The van der Waals surface area contributed by atoms with Gasteiger partial charge in [-0.3, -0.25) is 19.5 Å². The molecular formula is C16H18N4O3S. The normalized spacial score (nSPS) is 15.1. The number of thioether (sulfide) groups is 1. The van der Waals surface area contributed by atoms with Crippen molar-refractivity contribution in [3.63, 3.8) is 0 Å². The quantitative estimate of drug-likeness (QED) is 0.649. The van der Waals surface area contributed by atoms with Gasteiger partial charge in [0.1, 0.15) is 0 Å². The van der Waals surface area contributed by atoms with E-state index in [0.29, 0.717) is 16.1 Å². The Labute approximate surface area is 142 Å². The zero-order valence-corrected chi connectivity index (χ0v) is 14.2. The standard InChI is InChI=1S/C16H18N4O3S/c1-9(13(21)19-15(23)17-2)24-16-18-12-6-4-3-5-11(12)14(22)20(16)10-7-8-10/h3-6,9-10H,7-8H2,1-2H3,(H2,17,19,21,23)/t9-/m1/s1. The summed E-state index contributed by atoms with van der Waals surface area (Å²) in [6.45, 7) is 1.68. The van der Waals surface area contributed by atoms with Crippen LogP contribution in [0.2, 0.25) is 0 Å². The summed E-state index contributed by atoms with van der Waals surface area (Å²) in [5.41, 5.74) is 0.533. The largest absolute Gasteiger partial charge is 0.341 e. The number of benzene rings is 1. The van der Waals surface area contributed by atoms with Crippen molar-refractivity contribution in [2.45, 2.75) is 36.2 Å². The Balaban J connectivity index is 1.94. The van der Waals surface area contributed by atoms with Gasteiger partial charge in [-0.25, -0.2) is 9.78 Å². The van der Waals surface area contributed by atoms with Crippen LogP contribution in [0.5, 0.6) is 0 Å². The topological polar surface area (TPSA) is 93.1 Å². The first-order chi connectivity index (χ1) is 11.5. The molecule has 3 rings (SSSR count). The smallest absolute Gasteiger partial charge is 0.321 e. The summed E-state index contributed by atoms with van der Waals surface area (Å²) in [5, 5.41) is 5.12. The minimum absolute atomic E-state index is 0.0792. The molecule has 1 fully saturated rings. The van der Waals surface area contributed by atoms with Crippen LogP contribution in [-0.2, 0) is 4.79 Å². The molecule has 0 radical (unpaired) electrons. The summed E-state index contributed by atoms with van der Waals surface area (Å²) < 4.78 is 1.68. The summed E-state index contributed by atoms with van der Waals surface area (Å²) >= 11 is 1.19. The minimum Gasteiger partial charge on any atom is -0.341 e. The van der Waals surface area contributed by atoms with Gasteiger partial charge in [-0.05, 0) is 31.9 Å². The van der Waals surface area contributed by atoms with Crippen molar-refractivity contribution in [1.82, 2.24) is 20.2 Å². The third kappa shape index (κ3) is 3.28. The molecule has 0 saturated heterocycles. The highest BCUT2D eigenvalue weighted by Crippen LogP contribution is 2.37. The van der Waals surface area contributed by atoms with Crippen molar-refractivity contribution < 1.29 is 9.59 Å². The molecule has 0 spiro atoms. The fraction of sp³-hybridized carbons (Fsp3) is 0.375. The zero-order valence-electron chi connectivity index (χ0n) is 13.4. The Morgan fingerprint density at radius 1 is 1.33 bits per heavy atom. The molecule has 1 heterocycles. The second-order valence-corrected chi connectivity index (χ2v) is 6.95. The highest BCUT2D eigenvalue weighted by Gasteiger charge is 2.30. The maximum absolute atomic E-state index is 12.8. The van der Waals surface area contributed by atoms with Crippen molar-refractivity contribution in [2.24, 2.45) is 0 Å². The second-order valence-electron chi connectivity index (χ2n) is 5.65. The van der Waals surface area contributed by atoms with Crippen LogP contribution in [0.4, 0.5) is 4.79 Å². The van der Waals surface area contributed by atoms with Crippen LogP contribution < -0.4 is 16.2 Å². The molecule has 24 heavy (non-hydrogen) atoms. The minimum atomic E-state index is -0.557. The number of rotatable bonds is 4. The number of carbonyl (C=O) groups excluding carboxylic acids is 2. The third-order valence-electron chi connectivity index (χ3n) is 3.80. The van der Waals surface area contributed by atoms with Gasteiger partial charge in [0, 0.05) is 13.1 Å². The second kappa shape index (κ2) is 6.64. The number of amides is 3. The Hall–Kier alpha value is -2.35. The summed E-state index contributed by atoms with van der Waals surface area (Å²) in [6.07, 6.45) is 1.87. The Morgan fingerprint density at radius 2 is 2.04 bits per heavy atom. The van der Waals surface area contributed by atoms with Crippen molar-refractivity contribution in [1.29, 1.82) is 0 Å². The molecule has 1 saturated carbocycles. The van der Waals surface area contributed by atoms with Gasteiger partial charge >= 0.3 is 6.03 Å². The molecule has 1 aromatic carbocycles. The van der Waals surface area contributed by atoms with Crippen LogP contribution in [0.1, 0.15) is 25.8 Å². The van der Waals surface area contributed by atoms with Gasteiger partial charge in [0.15, 0.2) is 5.16 Å². The summed E-state index contributed by atoms with van der Waals surface area (Å²) in [5.74, 6) is -0.427. The van der Waals surface area contributed by atoms with Gasteiger partial charge in [-0.2, -0.15) is 0 Å². The number of nitrogens with zero attached hydrogens (tertiary/aromatic N) is 2. The van der Waals surface area contributed by atoms with Crippen molar-refractivity contribution in [3.05, 3.63) is 34.6 Å². The Bertz CT molecular complexity index is 860. The molecule has 2 N–H and O–H groups in total. The number of para-hydroxylation sites is 1. The lowest BCUT2D eigenvalue weighted by molar-refractivity contribution is -0.119. The number of imide groups is 1. The zero-order chi connectivity index (χ0) is 17.3. The first-order valence-electron chi connectivity index (χ1n) is 7.71. The van der Waals surface area contributed by atoms with E-state index >= 15 is 0 Å². The van der Waals surface area contributed by atoms with E-state index in [1.807, 2.05) is 12.1 Å². The fourth-order valence-corrected chi connectivity index (χ4v) is 3.33. The number of urea groups is 1. The molecule has 0 bridgehead atoms. The van der Waals surface area contributed by atoms with E-state index in [1.165, 1.54) is 18.8 Å². The predicted molar refractivity (Wildman–Crippen MR) is 92.2 cm³/mol. The van der Waals surface area contributed by atoms with Crippen molar-refractivity contribution in [3.8, 4) is 0 Å². The van der Waals surface area contributed by atoms with Gasteiger partial charge in [0.05, 0.1) is 16.2 Å². The first-order valence-corrected chi connectivity index (χ1v) is 8.59. The van der Waals surface area contributed by atoms with Crippen LogP contribution >= 0.6 is 11.8 Å². The lowest BCUT2D eigenvalue weighted by atomic mass is 10.2. The molecule has 2 aromatic rings. The van der Waals surface area contributed by atoms with E-state index in [2.05, 4.69) is 15.6 Å². The molecule has 1 aliphatic rings. The molecule has 1 atom stereocenters. The molecule has 126 valence electrons. The van der Waals surface area contributed by atoms with E-state index in [1.54, 1.807) is 23.6 Å². The summed E-state index contributed by atoms with van der Waals surface area (Å²) in [6, 6.07) is 6.78. The van der Waals surface area contributed by atoms with E-state index in [0.717, 1.165) is 12.8 Å². The van der Waals surface area contributed by atoms with Gasteiger partial charge in [-0.15, -0.1) is 0 Å². The lowest BCUT2D eigenvalue weighted by Gasteiger charge is -2.15. The van der Waals surface area contributed by atoms with Crippen molar-refractivity contribution in [2.75, 3.05) is 7.05 Å². The fourth-order valence-electron chi connectivity index (χ4n) is 2.35. The van der Waals surface area contributed by atoms with Crippen LogP contribution in [0, 0.1) is 0 Å². The SMILES string of the molecule is CNC(=O)NC(=O)[C@@H](C)Sc1nc2ccccc2c(=O)n1C1CC1. The number of hydrogen-bond acceptors (Lipinski definition) is 5. The molecule has 3 amide bonds. The highest BCUT2D eigenvalue weighted by atomic mass is 32.2. The van der Waals surface area contributed by atoms with Crippen LogP contribution in [0.3, 0.4) is 0 Å². The maximum Gasteiger partial charge on any atom is 0.321 e. The molecule has 1 aliphatic carbocycles. The van der Waals surface area contributed by atoms with E-state index < -0.39 is 17.2 Å². The molecule has 0 unspecified atom stereocenters. The summed E-state index contributed by atoms with van der Waals surface area (Å²) in [7, 11) is 1.44. The molecular weight excluding hydrogens is 328 g/mol. The van der Waals surface area contributed by atoms with Gasteiger partial charge < -0.3 is 5.32 Å². The van der Waals surface area contributed by atoms with Gasteiger partial charge in [-0.1, -0.05) is 23.9 Å². The Kier molecular flexibility index (Phi) is 4.57. The van der Waals surface area contributed by atoms with Crippen LogP contribution in [-0.4, -0.2) is 33.8 Å². The third-order valence-corrected chi connectivity index (χ3v) is 4.87. The van der Waals surface area contributed by atoms with Gasteiger partial charge in [0.25, 0.3) is 5.56 Å². The molecule has 7 nitrogen and oxygen atoms in total. The number of nitrogens with one attached hydrogen (secondary N) is 2. The maximum atomic E-state index is 12.8. The number of carbonyl (C=O) groups is 2. The highest BCUT2D eigenvalue weighted by molar-refractivity contribution is 8.00. The monoisotopic (exact) mass is 346 g/mol. The predicted octanol–water partition coefficient (Wildman–Crippen LogP) is 1.67. The van der Waals surface area contributed by atoms with E-state index in [9.17, 15) is 14.4 Å². The number of aromatic nitrogens is 2. The molecule has 1 aromatic heterocycles. The van der Waals surface area contributed by atoms with E-state index in [-0.39, 0.29) is 11.6 Å². The Morgan fingerprint density at radius 3 is 2.71 bits per heavy atom. The lowest BCUT2D eigenvalue weighted by Crippen LogP contribution is -2.41. The molecule has 0 aliphatic heterocycles. The van der Waals surface area contributed by atoms with Crippen molar-refractivity contribution >= 4 is 34.6 Å². The number of hydrogen-bond donors (Lipinski definition) is 2. The van der Waals surface area contributed by atoms with E-state index in [4.69, 9.17) is 0 Å². The van der Waals surface area contributed by atoms with Crippen LogP contribution in [0.25, 0.3) is 10.9 Å². The average molecular weight is 346 g/mol. The average Bonchev–Trinajstić information content (AvgIpc) is 3.39. The molecule has 8 heteroatoms. The first kappa shape index (κ1) is 16.5. The van der Waals surface area contributed by atoms with Crippen LogP contribution in [0.15, 0.2) is 34.2 Å². The number of fused-ring (bicyclic) bond motifs is 1. The van der Waals surface area contributed by atoms with Gasteiger partial charge in [0.2, 0.25) is 5.91 Å².